The van der Waals surface area contributed by atoms with E-state index in [2.05, 4.69) is 6.07 Å². The topological polar surface area (TPSA) is 20.3 Å². The Morgan fingerprint density at radius 3 is 2.31 bits per heavy atom. The van der Waals surface area contributed by atoms with E-state index in [-0.39, 0.29) is 5.91 Å². The molecule has 1 amide bonds. The van der Waals surface area contributed by atoms with Crippen LogP contribution in [-0.2, 0) is 0 Å². The summed E-state index contributed by atoms with van der Waals surface area (Å²) in [5, 5.41) is 0. The van der Waals surface area contributed by atoms with E-state index in [1.165, 1.54) is 12.8 Å². The number of benzene rings is 1. The molecule has 1 fully saturated rings. The summed E-state index contributed by atoms with van der Waals surface area (Å²) in [6.45, 7) is 4.97. The van der Waals surface area contributed by atoms with Gasteiger partial charge < -0.3 is 4.90 Å². The minimum atomic E-state index is 0.152. The molecule has 0 aliphatic heterocycles. The first-order valence-electron chi connectivity index (χ1n) is 5.90. The van der Waals surface area contributed by atoms with Crippen LogP contribution >= 0.6 is 0 Å². The number of carbonyl (C=O) groups is 1. The van der Waals surface area contributed by atoms with Gasteiger partial charge in [-0.2, -0.15) is 0 Å². The number of carbonyl (C=O) groups excluding carboxylic acids is 1. The van der Waals surface area contributed by atoms with Crippen LogP contribution in [0.1, 0.15) is 34.3 Å². The lowest BCUT2D eigenvalue weighted by Gasteiger charge is -2.17. The maximum atomic E-state index is 12.1. The maximum Gasteiger partial charge on any atom is 0.253 e. The highest BCUT2D eigenvalue weighted by atomic mass is 16.2. The van der Waals surface area contributed by atoms with Gasteiger partial charge in [0.25, 0.3) is 5.91 Å². The predicted molar refractivity (Wildman–Crippen MR) is 65.6 cm³/mol. The van der Waals surface area contributed by atoms with Gasteiger partial charge in [-0.25, -0.2) is 0 Å². The molecule has 0 unspecified atom stereocenters. The van der Waals surface area contributed by atoms with E-state index >= 15 is 0 Å². The molecule has 0 aromatic heterocycles. The van der Waals surface area contributed by atoms with Gasteiger partial charge in [0.1, 0.15) is 0 Å². The van der Waals surface area contributed by atoms with Crippen molar-refractivity contribution in [2.24, 2.45) is 5.92 Å². The maximum absolute atomic E-state index is 12.1. The average molecular weight is 217 g/mol. The van der Waals surface area contributed by atoms with Crippen molar-refractivity contribution < 1.29 is 4.79 Å². The lowest BCUT2D eigenvalue weighted by atomic mass is 10.1. The Kier molecular flexibility index (Phi) is 2.99. The number of aryl methyl sites for hydroxylation is 2. The molecule has 2 nitrogen and oxygen atoms in total. The zero-order chi connectivity index (χ0) is 11.7. The molecule has 2 rings (SSSR count). The molecule has 1 saturated carbocycles. The van der Waals surface area contributed by atoms with Crippen LogP contribution in [0.15, 0.2) is 18.2 Å². The van der Waals surface area contributed by atoms with E-state index in [9.17, 15) is 4.79 Å². The van der Waals surface area contributed by atoms with Crippen LogP contribution in [0, 0.1) is 19.8 Å². The van der Waals surface area contributed by atoms with E-state index in [1.54, 1.807) is 0 Å². The molecule has 1 aromatic carbocycles. The van der Waals surface area contributed by atoms with Crippen LogP contribution in [0.5, 0.6) is 0 Å². The molecular weight excluding hydrogens is 198 g/mol. The van der Waals surface area contributed by atoms with E-state index in [0.717, 1.165) is 29.2 Å². The molecule has 0 radical (unpaired) electrons. The summed E-state index contributed by atoms with van der Waals surface area (Å²) in [5.74, 6) is 0.901. The molecule has 0 heterocycles. The van der Waals surface area contributed by atoms with Gasteiger partial charge in [-0.3, -0.25) is 4.79 Å². The van der Waals surface area contributed by atoms with Crippen molar-refractivity contribution in [2.75, 3.05) is 13.6 Å². The van der Waals surface area contributed by atoms with Gasteiger partial charge >= 0.3 is 0 Å². The quantitative estimate of drug-likeness (QED) is 0.762. The molecule has 0 bridgehead atoms. The Morgan fingerprint density at radius 2 is 1.81 bits per heavy atom. The van der Waals surface area contributed by atoms with Crippen molar-refractivity contribution in [3.8, 4) is 0 Å². The first-order chi connectivity index (χ1) is 7.56. The van der Waals surface area contributed by atoms with E-state index in [4.69, 9.17) is 0 Å². The van der Waals surface area contributed by atoms with Crippen LogP contribution in [0.25, 0.3) is 0 Å². The molecule has 16 heavy (non-hydrogen) atoms. The predicted octanol–water partition coefficient (Wildman–Crippen LogP) is 2.79. The second kappa shape index (κ2) is 4.28. The molecule has 0 saturated heterocycles. The minimum Gasteiger partial charge on any atom is -0.341 e. The molecule has 2 heteroatoms. The monoisotopic (exact) mass is 217 g/mol. The van der Waals surface area contributed by atoms with Gasteiger partial charge in [-0.1, -0.05) is 17.2 Å². The second-order valence-corrected chi connectivity index (χ2v) is 5.01. The van der Waals surface area contributed by atoms with E-state index in [0.29, 0.717) is 0 Å². The van der Waals surface area contributed by atoms with Gasteiger partial charge in [0.05, 0.1) is 0 Å². The number of rotatable bonds is 3. The molecule has 0 atom stereocenters. The Hall–Kier alpha value is -1.31. The molecule has 86 valence electrons. The summed E-state index contributed by atoms with van der Waals surface area (Å²) >= 11 is 0. The molecule has 1 aliphatic carbocycles. The minimum absolute atomic E-state index is 0.152. The Morgan fingerprint density at radius 1 is 1.25 bits per heavy atom. The molecular formula is C14H19NO. The summed E-state index contributed by atoms with van der Waals surface area (Å²) < 4.78 is 0. The highest BCUT2D eigenvalue weighted by Crippen LogP contribution is 2.29. The van der Waals surface area contributed by atoms with Crippen LogP contribution < -0.4 is 0 Å². The standard InChI is InChI=1S/C14H19NO/c1-10-6-11(2)8-13(7-10)14(16)15(3)9-12-4-5-12/h6-8,12H,4-5,9H2,1-3H3. The number of hydrogen-bond acceptors (Lipinski definition) is 1. The largest absolute Gasteiger partial charge is 0.341 e. The summed E-state index contributed by atoms with van der Waals surface area (Å²) in [6.07, 6.45) is 2.56. The van der Waals surface area contributed by atoms with Crippen molar-refractivity contribution >= 4 is 5.91 Å². The number of amides is 1. The Labute approximate surface area is 97.3 Å². The normalized spacial score (nSPS) is 14.9. The molecule has 0 spiro atoms. The third-order valence-corrected chi connectivity index (χ3v) is 3.04. The average Bonchev–Trinajstić information content (AvgIpc) is 2.99. The third-order valence-electron chi connectivity index (χ3n) is 3.04. The summed E-state index contributed by atoms with van der Waals surface area (Å²) in [7, 11) is 1.90. The zero-order valence-corrected chi connectivity index (χ0v) is 10.3. The SMILES string of the molecule is Cc1cc(C)cc(C(=O)N(C)CC2CC2)c1. The number of hydrogen-bond donors (Lipinski definition) is 0. The van der Waals surface area contributed by atoms with Gasteiger partial charge in [-0.05, 0) is 44.7 Å². The fourth-order valence-corrected chi connectivity index (χ4v) is 2.09. The highest BCUT2D eigenvalue weighted by molar-refractivity contribution is 5.94. The van der Waals surface area contributed by atoms with Crippen molar-refractivity contribution in [1.82, 2.24) is 4.90 Å². The van der Waals surface area contributed by atoms with E-state index < -0.39 is 0 Å². The lowest BCUT2D eigenvalue weighted by molar-refractivity contribution is 0.0788. The fraction of sp³-hybridized carbons (Fsp3) is 0.500. The first-order valence-corrected chi connectivity index (χ1v) is 5.90. The van der Waals surface area contributed by atoms with Crippen LogP contribution in [-0.4, -0.2) is 24.4 Å². The first kappa shape index (κ1) is 11.2. The zero-order valence-electron chi connectivity index (χ0n) is 10.3. The van der Waals surface area contributed by atoms with Crippen molar-refractivity contribution in [3.05, 3.63) is 34.9 Å². The number of nitrogens with zero attached hydrogens (tertiary/aromatic N) is 1. The Bertz CT molecular complexity index is 387. The lowest BCUT2D eigenvalue weighted by Crippen LogP contribution is -2.28. The fourth-order valence-electron chi connectivity index (χ4n) is 2.09. The second-order valence-electron chi connectivity index (χ2n) is 5.01. The summed E-state index contributed by atoms with van der Waals surface area (Å²) in [5.41, 5.74) is 3.13. The molecule has 1 aromatic rings. The third kappa shape index (κ3) is 2.63. The van der Waals surface area contributed by atoms with Crippen LogP contribution in [0.3, 0.4) is 0 Å². The van der Waals surface area contributed by atoms with Gasteiger partial charge in [0, 0.05) is 19.2 Å². The van der Waals surface area contributed by atoms with Crippen molar-refractivity contribution in [1.29, 1.82) is 0 Å². The smallest absolute Gasteiger partial charge is 0.253 e. The van der Waals surface area contributed by atoms with Crippen LogP contribution in [0.2, 0.25) is 0 Å². The van der Waals surface area contributed by atoms with Crippen molar-refractivity contribution in [3.63, 3.8) is 0 Å². The summed E-state index contributed by atoms with van der Waals surface area (Å²) in [6, 6.07) is 6.04. The van der Waals surface area contributed by atoms with Crippen molar-refractivity contribution in [2.45, 2.75) is 26.7 Å². The van der Waals surface area contributed by atoms with E-state index in [1.807, 2.05) is 37.9 Å². The molecule has 0 N–H and O–H groups in total. The van der Waals surface area contributed by atoms with Gasteiger partial charge in [-0.15, -0.1) is 0 Å². The van der Waals surface area contributed by atoms with Gasteiger partial charge in [0.2, 0.25) is 0 Å². The summed E-state index contributed by atoms with van der Waals surface area (Å²) in [4.78, 5) is 14.0. The van der Waals surface area contributed by atoms with Gasteiger partial charge in [0.15, 0.2) is 0 Å². The Balaban J connectivity index is 2.12. The van der Waals surface area contributed by atoms with Crippen LogP contribution in [0.4, 0.5) is 0 Å². The highest BCUT2D eigenvalue weighted by Gasteiger charge is 2.25. The molecule has 1 aliphatic rings.